The molecule has 0 radical (unpaired) electrons. The number of pyridine rings is 1. The van der Waals surface area contributed by atoms with Crippen LogP contribution in [0.15, 0.2) is 54.9 Å². The van der Waals surface area contributed by atoms with Crippen LogP contribution in [0.3, 0.4) is 0 Å². The van der Waals surface area contributed by atoms with Gasteiger partial charge in [0.25, 0.3) is 0 Å². The molecule has 1 saturated heterocycles. The Morgan fingerprint density at radius 3 is 2.80 bits per heavy atom. The van der Waals surface area contributed by atoms with Crippen molar-refractivity contribution in [2.75, 3.05) is 11.9 Å². The Labute approximate surface area is 118 Å². The molecule has 0 spiro atoms. The van der Waals surface area contributed by atoms with E-state index in [0.717, 1.165) is 25.1 Å². The quantitative estimate of drug-likeness (QED) is 0.905. The van der Waals surface area contributed by atoms with Gasteiger partial charge in [-0.1, -0.05) is 30.3 Å². The Bertz CT molecular complexity index is 571. The minimum atomic E-state index is -0.0515. The van der Waals surface area contributed by atoms with Crippen molar-refractivity contribution in [2.45, 2.75) is 18.9 Å². The van der Waals surface area contributed by atoms with Crippen LogP contribution >= 0.6 is 0 Å². The number of nitrogens with zero attached hydrogens (tertiary/aromatic N) is 2. The molecule has 1 aromatic carbocycles. The predicted molar refractivity (Wildman–Crippen MR) is 78.4 cm³/mol. The van der Waals surface area contributed by atoms with Gasteiger partial charge in [-0.05, 0) is 30.5 Å². The van der Waals surface area contributed by atoms with E-state index in [9.17, 15) is 4.79 Å². The van der Waals surface area contributed by atoms with Crippen LogP contribution in [0.4, 0.5) is 10.5 Å². The lowest BCUT2D eigenvalue weighted by Crippen LogP contribution is -2.34. The topological polar surface area (TPSA) is 45.2 Å². The number of carbonyl (C=O) groups excluding carboxylic acids is 1. The molecule has 1 aromatic heterocycles. The summed E-state index contributed by atoms with van der Waals surface area (Å²) in [5.74, 6) is 0. The van der Waals surface area contributed by atoms with Crippen molar-refractivity contribution in [3.63, 3.8) is 0 Å². The summed E-state index contributed by atoms with van der Waals surface area (Å²) in [6.45, 7) is 0.797. The predicted octanol–water partition coefficient (Wildman–Crippen LogP) is 3.45. The smallest absolute Gasteiger partial charge is 0.317 e. The maximum atomic E-state index is 12.4. The first-order valence-electron chi connectivity index (χ1n) is 6.87. The molecule has 0 aliphatic carbocycles. The highest BCUT2D eigenvalue weighted by molar-refractivity contribution is 5.89. The normalized spacial score (nSPS) is 18.0. The monoisotopic (exact) mass is 267 g/mol. The number of carbonyl (C=O) groups is 1. The van der Waals surface area contributed by atoms with Crippen LogP contribution in [0.5, 0.6) is 0 Å². The molecule has 2 amide bonds. The van der Waals surface area contributed by atoms with Crippen LogP contribution in [0.1, 0.15) is 24.4 Å². The Hall–Kier alpha value is -2.36. The average Bonchev–Trinajstić information content (AvgIpc) is 2.99. The van der Waals surface area contributed by atoms with Crippen LogP contribution in [0.2, 0.25) is 0 Å². The molecule has 1 N–H and O–H groups in total. The molecular weight excluding hydrogens is 250 g/mol. The second kappa shape index (κ2) is 5.74. The van der Waals surface area contributed by atoms with Crippen molar-refractivity contribution in [2.24, 2.45) is 0 Å². The Morgan fingerprint density at radius 2 is 2.05 bits per heavy atom. The number of hydrogen-bond acceptors (Lipinski definition) is 2. The fraction of sp³-hybridized carbons (Fsp3) is 0.250. The number of hydrogen-bond donors (Lipinski definition) is 1. The third-order valence-electron chi connectivity index (χ3n) is 3.61. The molecule has 1 atom stereocenters. The molecule has 3 rings (SSSR count). The Balaban J connectivity index is 1.74. The van der Waals surface area contributed by atoms with Gasteiger partial charge in [0.1, 0.15) is 0 Å². The van der Waals surface area contributed by atoms with Gasteiger partial charge in [-0.2, -0.15) is 0 Å². The molecule has 2 aromatic rings. The summed E-state index contributed by atoms with van der Waals surface area (Å²) in [7, 11) is 0. The fourth-order valence-corrected chi connectivity index (χ4v) is 2.66. The van der Waals surface area contributed by atoms with Crippen molar-refractivity contribution < 1.29 is 4.79 Å². The summed E-state index contributed by atoms with van der Waals surface area (Å²) < 4.78 is 0. The maximum Gasteiger partial charge on any atom is 0.322 e. The number of amides is 2. The lowest BCUT2D eigenvalue weighted by molar-refractivity contribution is 0.207. The van der Waals surface area contributed by atoms with Crippen LogP contribution in [-0.4, -0.2) is 22.5 Å². The molecule has 1 fully saturated rings. The minimum absolute atomic E-state index is 0.0515. The molecule has 20 heavy (non-hydrogen) atoms. The van der Waals surface area contributed by atoms with Gasteiger partial charge in [-0.3, -0.25) is 4.98 Å². The van der Waals surface area contributed by atoms with Gasteiger partial charge in [0.05, 0.1) is 17.9 Å². The van der Waals surface area contributed by atoms with Crippen LogP contribution in [0, 0.1) is 0 Å². The number of anilines is 1. The van der Waals surface area contributed by atoms with Gasteiger partial charge in [-0.25, -0.2) is 4.79 Å². The first-order valence-corrected chi connectivity index (χ1v) is 6.87. The number of rotatable bonds is 2. The van der Waals surface area contributed by atoms with Crippen molar-refractivity contribution in [3.8, 4) is 0 Å². The van der Waals surface area contributed by atoms with Crippen molar-refractivity contribution in [1.82, 2.24) is 9.88 Å². The van der Waals surface area contributed by atoms with E-state index in [1.54, 1.807) is 12.4 Å². The number of aromatic nitrogens is 1. The van der Waals surface area contributed by atoms with Gasteiger partial charge in [0, 0.05) is 12.7 Å². The second-order valence-electron chi connectivity index (χ2n) is 4.93. The molecule has 0 saturated carbocycles. The number of benzene rings is 1. The Kier molecular flexibility index (Phi) is 3.63. The molecule has 4 nitrogen and oxygen atoms in total. The minimum Gasteiger partial charge on any atom is -0.317 e. The average molecular weight is 267 g/mol. The summed E-state index contributed by atoms with van der Waals surface area (Å²) in [5.41, 5.74) is 1.93. The summed E-state index contributed by atoms with van der Waals surface area (Å²) in [6.07, 6.45) is 5.41. The third kappa shape index (κ3) is 2.64. The van der Waals surface area contributed by atoms with Gasteiger partial charge >= 0.3 is 6.03 Å². The second-order valence-corrected chi connectivity index (χ2v) is 4.93. The van der Waals surface area contributed by atoms with E-state index in [-0.39, 0.29) is 12.1 Å². The van der Waals surface area contributed by atoms with Crippen molar-refractivity contribution >= 4 is 11.7 Å². The number of urea groups is 1. The summed E-state index contributed by atoms with van der Waals surface area (Å²) in [6, 6.07) is 14.0. The molecule has 1 aliphatic rings. The summed E-state index contributed by atoms with van der Waals surface area (Å²) >= 11 is 0. The zero-order valence-electron chi connectivity index (χ0n) is 11.2. The van der Waals surface area contributed by atoms with E-state index in [4.69, 9.17) is 0 Å². The number of nitrogens with one attached hydrogen (secondary N) is 1. The van der Waals surface area contributed by atoms with Crippen molar-refractivity contribution in [1.29, 1.82) is 0 Å². The highest BCUT2D eigenvalue weighted by Crippen LogP contribution is 2.32. The Morgan fingerprint density at radius 1 is 1.20 bits per heavy atom. The molecule has 102 valence electrons. The van der Waals surface area contributed by atoms with Gasteiger partial charge < -0.3 is 10.2 Å². The standard InChI is InChI=1S/C16H17N3O/c20-16(18-14-8-4-10-17-12-14)19-11-5-9-15(19)13-6-2-1-3-7-13/h1-4,6-8,10,12,15H,5,9,11H2,(H,18,20). The highest BCUT2D eigenvalue weighted by Gasteiger charge is 2.29. The third-order valence-corrected chi connectivity index (χ3v) is 3.61. The fourth-order valence-electron chi connectivity index (χ4n) is 2.66. The lowest BCUT2D eigenvalue weighted by Gasteiger charge is -2.25. The molecule has 4 heteroatoms. The summed E-state index contributed by atoms with van der Waals surface area (Å²) in [4.78, 5) is 18.3. The van der Waals surface area contributed by atoms with Crippen LogP contribution in [-0.2, 0) is 0 Å². The largest absolute Gasteiger partial charge is 0.322 e. The van der Waals surface area contributed by atoms with E-state index in [1.807, 2.05) is 35.2 Å². The van der Waals surface area contributed by atoms with Gasteiger partial charge in [0.2, 0.25) is 0 Å². The highest BCUT2D eigenvalue weighted by atomic mass is 16.2. The zero-order chi connectivity index (χ0) is 13.8. The first kappa shape index (κ1) is 12.7. The SMILES string of the molecule is O=C(Nc1cccnc1)N1CCCC1c1ccccc1. The zero-order valence-corrected chi connectivity index (χ0v) is 11.2. The van der Waals surface area contributed by atoms with Gasteiger partial charge in [-0.15, -0.1) is 0 Å². The van der Waals surface area contributed by atoms with E-state index in [0.29, 0.717) is 0 Å². The van der Waals surface area contributed by atoms with Crippen LogP contribution in [0.25, 0.3) is 0 Å². The molecule has 1 aliphatic heterocycles. The van der Waals surface area contributed by atoms with E-state index >= 15 is 0 Å². The molecule has 1 unspecified atom stereocenters. The maximum absolute atomic E-state index is 12.4. The van der Waals surface area contributed by atoms with Gasteiger partial charge in [0.15, 0.2) is 0 Å². The molecular formula is C16H17N3O. The first-order chi connectivity index (χ1) is 9.84. The lowest BCUT2D eigenvalue weighted by atomic mass is 10.1. The summed E-state index contributed by atoms with van der Waals surface area (Å²) in [5, 5.41) is 2.91. The van der Waals surface area contributed by atoms with E-state index < -0.39 is 0 Å². The van der Waals surface area contributed by atoms with E-state index in [2.05, 4.69) is 22.4 Å². The van der Waals surface area contributed by atoms with Crippen molar-refractivity contribution in [3.05, 3.63) is 60.4 Å². The number of likely N-dealkylation sites (tertiary alicyclic amines) is 1. The molecule has 2 heterocycles. The molecule has 0 bridgehead atoms. The van der Waals surface area contributed by atoms with E-state index in [1.165, 1.54) is 5.56 Å². The van der Waals surface area contributed by atoms with Crippen LogP contribution < -0.4 is 5.32 Å².